The highest BCUT2D eigenvalue weighted by molar-refractivity contribution is 7.99. The molecule has 1 aliphatic rings. The maximum absolute atomic E-state index is 6.23. The Kier molecular flexibility index (Phi) is 3.28. The van der Waals surface area contributed by atoms with Crippen LogP contribution in [0.15, 0.2) is 29.4 Å². The molecule has 0 spiro atoms. The molecule has 4 nitrogen and oxygen atoms in total. The van der Waals surface area contributed by atoms with Crippen molar-refractivity contribution in [3.05, 3.63) is 29.3 Å². The predicted octanol–water partition coefficient (Wildman–Crippen LogP) is 2.94. The van der Waals surface area contributed by atoms with Gasteiger partial charge in [-0.2, -0.15) is 0 Å². The molecule has 0 saturated carbocycles. The first-order valence-corrected chi connectivity index (χ1v) is 7.19. The smallest absolute Gasteiger partial charge is 0.193 e. The molecule has 0 radical (unpaired) electrons. The average Bonchev–Trinajstić information content (AvgIpc) is 2.82. The highest BCUT2D eigenvalue weighted by Crippen LogP contribution is 2.31. The summed E-state index contributed by atoms with van der Waals surface area (Å²) < 4.78 is 2.12. The van der Waals surface area contributed by atoms with E-state index >= 15 is 0 Å². The number of hydrogen-bond acceptors (Lipinski definition) is 4. The Bertz CT molecular complexity index is 569. The van der Waals surface area contributed by atoms with Gasteiger partial charge in [-0.3, -0.25) is 9.47 Å². The van der Waals surface area contributed by atoms with Crippen LogP contribution in [0.2, 0.25) is 5.02 Å². The van der Waals surface area contributed by atoms with Crippen molar-refractivity contribution in [2.75, 3.05) is 12.4 Å². The largest absolute Gasteiger partial charge is 0.288 e. The number of hydrogen-bond donors (Lipinski definition) is 0. The van der Waals surface area contributed by atoms with E-state index in [0.717, 1.165) is 35.6 Å². The van der Waals surface area contributed by atoms with E-state index in [1.807, 2.05) is 24.3 Å². The fraction of sp³-hybridized carbons (Fsp3) is 0.333. The quantitative estimate of drug-likeness (QED) is 0.847. The van der Waals surface area contributed by atoms with Crippen LogP contribution in [-0.4, -0.2) is 32.1 Å². The third kappa shape index (κ3) is 2.02. The van der Waals surface area contributed by atoms with Gasteiger partial charge in [0.25, 0.3) is 0 Å². The Morgan fingerprint density at radius 3 is 2.94 bits per heavy atom. The topological polar surface area (TPSA) is 34.0 Å². The van der Waals surface area contributed by atoms with Crippen LogP contribution in [0, 0.1) is 0 Å². The van der Waals surface area contributed by atoms with Gasteiger partial charge in [0.2, 0.25) is 0 Å². The molecule has 2 aromatic rings. The molecule has 1 aromatic carbocycles. The second-order valence-electron chi connectivity index (χ2n) is 4.12. The van der Waals surface area contributed by atoms with E-state index in [-0.39, 0.29) is 0 Å². The predicted molar refractivity (Wildman–Crippen MR) is 73.6 cm³/mol. The maximum Gasteiger partial charge on any atom is 0.193 e. The Morgan fingerprint density at radius 2 is 2.17 bits per heavy atom. The van der Waals surface area contributed by atoms with Crippen LogP contribution in [0.25, 0.3) is 11.4 Å². The Hall–Kier alpha value is -1.04. The number of aromatic nitrogens is 3. The Labute approximate surface area is 115 Å². The van der Waals surface area contributed by atoms with Gasteiger partial charge in [0.15, 0.2) is 11.0 Å². The monoisotopic (exact) mass is 280 g/mol. The number of thioether (sulfide) groups is 1. The standard InChI is InChI=1S/C12H13ClN4S/c1-2-16-7-17-11(14-15-12(17)18-8-16)9-5-3-4-6-10(9)13/h3-6H,2,7-8H2,1H3. The van der Waals surface area contributed by atoms with Crippen molar-refractivity contribution in [3.63, 3.8) is 0 Å². The molecule has 6 heteroatoms. The molecule has 0 amide bonds. The lowest BCUT2D eigenvalue weighted by Crippen LogP contribution is -2.30. The SMILES string of the molecule is CCN1CSc2nnc(-c3ccccc3Cl)n2C1. The molecule has 0 aliphatic carbocycles. The van der Waals surface area contributed by atoms with Crippen LogP contribution in [0.1, 0.15) is 6.92 Å². The molecule has 0 unspecified atom stereocenters. The summed E-state index contributed by atoms with van der Waals surface area (Å²) in [5, 5.41) is 10.2. The molecule has 18 heavy (non-hydrogen) atoms. The molecule has 0 atom stereocenters. The van der Waals surface area contributed by atoms with Gasteiger partial charge in [-0.05, 0) is 18.7 Å². The van der Waals surface area contributed by atoms with Crippen molar-refractivity contribution in [1.82, 2.24) is 19.7 Å². The second kappa shape index (κ2) is 4.91. The van der Waals surface area contributed by atoms with Crippen LogP contribution in [0.3, 0.4) is 0 Å². The number of halogens is 1. The summed E-state index contributed by atoms with van der Waals surface area (Å²) >= 11 is 7.94. The minimum Gasteiger partial charge on any atom is -0.288 e. The highest BCUT2D eigenvalue weighted by Gasteiger charge is 2.22. The van der Waals surface area contributed by atoms with Crippen LogP contribution in [0.5, 0.6) is 0 Å². The lowest BCUT2D eigenvalue weighted by atomic mass is 10.2. The van der Waals surface area contributed by atoms with Gasteiger partial charge in [0.05, 0.1) is 17.6 Å². The summed E-state index contributed by atoms with van der Waals surface area (Å²) in [6.07, 6.45) is 0. The third-order valence-corrected chi connectivity index (χ3v) is 4.38. The number of rotatable bonds is 2. The number of fused-ring (bicyclic) bond motifs is 1. The molecule has 1 aromatic heterocycles. The van der Waals surface area contributed by atoms with E-state index in [4.69, 9.17) is 11.6 Å². The first-order chi connectivity index (χ1) is 8.79. The van der Waals surface area contributed by atoms with Gasteiger partial charge >= 0.3 is 0 Å². The van der Waals surface area contributed by atoms with Crippen LogP contribution in [-0.2, 0) is 6.67 Å². The summed E-state index contributed by atoms with van der Waals surface area (Å²) in [5.41, 5.74) is 0.941. The summed E-state index contributed by atoms with van der Waals surface area (Å²) in [7, 11) is 0. The first kappa shape index (κ1) is 12.0. The van der Waals surface area contributed by atoms with Crippen molar-refractivity contribution >= 4 is 23.4 Å². The van der Waals surface area contributed by atoms with Gasteiger partial charge in [0.1, 0.15) is 0 Å². The normalized spacial score (nSPS) is 15.7. The molecule has 0 bridgehead atoms. The first-order valence-electron chi connectivity index (χ1n) is 5.83. The summed E-state index contributed by atoms with van der Waals surface area (Å²) in [5.74, 6) is 1.82. The van der Waals surface area contributed by atoms with Gasteiger partial charge in [0, 0.05) is 5.56 Å². The van der Waals surface area contributed by atoms with E-state index in [9.17, 15) is 0 Å². The Morgan fingerprint density at radius 1 is 1.33 bits per heavy atom. The fourth-order valence-electron chi connectivity index (χ4n) is 1.95. The third-order valence-electron chi connectivity index (χ3n) is 3.00. The van der Waals surface area contributed by atoms with Gasteiger partial charge in [-0.1, -0.05) is 42.4 Å². The number of benzene rings is 1. The Balaban J connectivity index is 2.05. The number of nitrogens with zero attached hydrogens (tertiary/aromatic N) is 4. The maximum atomic E-state index is 6.23. The summed E-state index contributed by atoms with van der Waals surface area (Å²) in [4.78, 5) is 2.33. The molecular weight excluding hydrogens is 268 g/mol. The van der Waals surface area contributed by atoms with E-state index in [1.165, 1.54) is 0 Å². The minimum atomic E-state index is 0.714. The molecule has 0 saturated heterocycles. The molecule has 1 aliphatic heterocycles. The van der Waals surface area contributed by atoms with Crippen LogP contribution < -0.4 is 0 Å². The van der Waals surface area contributed by atoms with E-state index < -0.39 is 0 Å². The highest BCUT2D eigenvalue weighted by atomic mass is 35.5. The van der Waals surface area contributed by atoms with Gasteiger partial charge in [-0.15, -0.1) is 10.2 Å². The lowest BCUT2D eigenvalue weighted by Gasteiger charge is -2.26. The zero-order chi connectivity index (χ0) is 12.5. The zero-order valence-electron chi connectivity index (χ0n) is 10.0. The van der Waals surface area contributed by atoms with Crippen molar-refractivity contribution in [2.45, 2.75) is 18.7 Å². The second-order valence-corrected chi connectivity index (χ2v) is 5.44. The fourth-order valence-corrected chi connectivity index (χ4v) is 3.13. The summed E-state index contributed by atoms with van der Waals surface area (Å²) in [6, 6.07) is 7.75. The van der Waals surface area contributed by atoms with Crippen LogP contribution in [0.4, 0.5) is 0 Å². The van der Waals surface area contributed by atoms with E-state index in [0.29, 0.717) is 5.02 Å². The zero-order valence-corrected chi connectivity index (χ0v) is 11.6. The lowest BCUT2D eigenvalue weighted by molar-refractivity contribution is 0.252. The van der Waals surface area contributed by atoms with Gasteiger partial charge < -0.3 is 0 Å². The average molecular weight is 281 g/mol. The van der Waals surface area contributed by atoms with Crippen molar-refractivity contribution in [3.8, 4) is 11.4 Å². The molecule has 94 valence electrons. The van der Waals surface area contributed by atoms with Crippen molar-refractivity contribution in [1.29, 1.82) is 0 Å². The van der Waals surface area contributed by atoms with Crippen LogP contribution >= 0.6 is 23.4 Å². The van der Waals surface area contributed by atoms with Crippen molar-refractivity contribution in [2.24, 2.45) is 0 Å². The molecule has 0 N–H and O–H groups in total. The molecule has 3 rings (SSSR count). The van der Waals surface area contributed by atoms with Gasteiger partial charge in [-0.25, -0.2) is 0 Å². The molecule has 2 heterocycles. The van der Waals surface area contributed by atoms with E-state index in [2.05, 4.69) is 26.6 Å². The van der Waals surface area contributed by atoms with E-state index in [1.54, 1.807) is 11.8 Å². The molecular formula is C12H13ClN4S. The summed E-state index contributed by atoms with van der Waals surface area (Å²) in [6.45, 7) is 4.00. The molecule has 0 fully saturated rings. The minimum absolute atomic E-state index is 0.714. The van der Waals surface area contributed by atoms with Crippen molar-refractivity contribution < 1.29 is 0 Å².